The van der Waals surface area contributed by atoms with Crippen LogP contribution in [0.15, 0.2) is 66.9 Å². The Morgan fingerprint density at radius 2 is 1.79 bits per heavy atom. The van der Waals surface area contributed by atoms with Crippen molar-refractivity contribution in [3.63, 3.8) is 0 Å². The zero-order valence-electron chi connectivity index (χ0n) is 18.6. The minimum absolute atomic E-state index is 0.000274. The van der Waals surface area contributed by atoms with Crippen molar-refractivity contribution in [2.24, 2.45) is 0 Å². The van der Waals surface area contributed by atoms with E-state index in [1.807, 2.05) is 72.5 Å². The molecular formula is C25H28N4O3S. The number of benzene rings is 2. The molecule has 172 valence electrons. The first kappa shape index (κ1) is 21.9. The van der Waals surface area contributed by atoms with E-state index < -0.39 is 15.3 Å². The number of sulfonamides is 1. The van der Waals surface area contributed by atoms with Crippen molar-refractivity contribution in [2.75, 3.05) is 19.6 Å². The second-order valence-corrected chi connectivity index (χ2v) is 11.0. The highest BCUT2D eigenvalue weighted by atomic mass is 32.2. The highest BCUT2D eigenvalue weighted by molar-refractivity contribution is 7.89. The van der Waals surface area contributed by atoms with Crippen LogP contribution >= 0.6 is 0 Å². The van der Waals surface area contributed by atoms with Gasteiger partial charge in [-0.3, -0.25) is 9.89 Å². The molecule has 1 N–H and O–H groups in total. The summed E-state index contributed by atoms with van der Waals surface area (Å²) in [5, 5.41) is 6.43. The molecule has 0 saturated carbocycles. The van der Waals surface area contributed by atoms with Gasteiger partial charge in [-0.15, -0.1) is 0 Å². The van der Waals surface area contributed by atoms with Crippen molar-refractivity contribution in [1.82, 2.24) is 19.4 Å². The van der Waals surface area contributed by atoms with E-state index in [-0.39, 0.29) is 11.9 Å². The molecule has 0 spiro atoms. The van der Waals surface area contributed by atoms with Crippen LogP contribution in [0.25, 0.3) is 0 Å². The van der Waals surface area contributed by atoms with Gasteiger partial charge in [-0.05, 0) is 49.1 Å². The summed E-state index contributed by atoms with van der Waals surface area (Å²) in [6.07, 6.45) is 3.19. The van der Waals surface area contributed by atoms with E-state index in [1.54, 1.807) is 10.5 Å². The summed E-state index contributed by atoms with van der Waals surface area (Å²) >= 11 is 0. The summed E-state index contributed by atoms with van der Waals surface area (Å²) in [7, 11) is -3.48. The van der Waals surface area contributed by atoms with Crippen LogP contribution in [0.5, 0.6) is 0 Å². The van der Waals surface area contributed by atoms with E-state index in [4.69, 9.17) is 0 Å². The van der Waals surface area contributed by atoms with Crippen LogP contribution in [0.4, 0.5) is 0 Å². The molecule has 33 heavy (non-hydrogen) atoms. The molecule has 3 aromatic rings. The van der Waals surface area contributed by atoms with Crippen LogP contribution in [-0.2, 0) is 10.0 Å². The van der Waals surface area contributed by atoms with Gasteiger partial charge < -0.3 is 4.90 Å². The first-order chi connectivity index (χ1) is 15.9. The number of likely N-dealkylation sites (tertiary alicyclic amines) is 1. The molecule has 8 heteroatoms. The summed E-state index contributed by atoms with van der Waals surface area (Å²) in [6.45, 7) is 3.78. The summed E-state index contributed by atoms with van der Waals surface area (Å²) < 4.78 is 28.5. The van der Waals surface area contributed by atoms with Gasteiger partial charge in [0, 0.05) is 49.0 Å². The fourth-order valence-corrected chi connectivity index (χ4v) is 7.12. The lowest BCUT2D eigenvalue weighted by molar-refractivity contribution is 0.0598. The summed E-state index contributed by atoms with van der Waals surface area (Å²) in [4.78, 5) is 14.6. The number of aromatic nitrogens is 2. The minimum Gasteiger partial charge on any atom is -0.337 e. The maximum Gasteiger partial charge on any atom is 0.253 e. The Balaban J connectivity index is 1.27. The van der Waals surface area contributed by atoms with Crippen molar-refractivity contribution >= 4 is 15.9 Å². The smallest absolute Gasteiger partial charge is 0.253 e. The van der Waals surface area contributed by atoms with Crippen LogP contribution < -0.4 is 0 Å². The molecule has 2 fully saturated rings. The van der Waals surface area contributed by atoms with E-state index in [9.17, 15) is 13.2 Å². The number of H-pyrrole nitrogens is 1. The Morgan fingerprint density at radius 3 is 2.45 bits per heavy atom. The monoisotopic (exact) mass is 464 g/mol. The van der Waals surface area contributed by atoms with Gasteiger partial charge in [0.2, 0.25) is 10.0 Å². The van der Waals surface area contributed by atoms with Crippen LogP contribution in [0.2, 0.25) is 0 Å². The predicted octanol–water partition coefficient (Wildman–Crippen LogP) is 3.88. The van der Waals surface area contributed by atoms with Gasteiger partial charge in [0.1, 0.15) is 5.25 Å². The molecular weight excluding hydrogens is 436 g/mol. The molecule has 1 amide bonds. The molecule has 2 unspecified atom stereocenters. The summed E-state index contributed by atoms with van der Waals surface area (Å²) in [6, 6.07) is 18.5. The maximum absolute atomic E-state index is 13.4. The van der Waals surface area contributed by atoms with Crippen LogP contribution in [0.1, 0.15) is 64.2 Å². The highest BCUT2D eigenvalue weighted by Gasteiger charge is 2.39. The van der Waals surface area contributed by atoms with Crippen molar-refractivity contribution in [3.05, 3.63) is 89.2 Å². The molecule has 7 nitrogen and oxygen atoms in total. The number of amides is 1. The fraction of sp³-hybridized carbons (Fsp3) is 0.360. The molecule has 0 aliphatic carbocycles. The van der Waals surface area contributed by atoms with Gasteiger partial charge >= 0.3 is 0 Å². The second-order valence-electron chi connectivity index (χ2n) is 8.91. The van der Waals surface area contributed by atoms with E-state index in [0.717, 1.165) is 23.2 Å². The van der Waals surface area contributed by atoms with Crippen molar-refractivity contribution in [1.29, 1.82) is 0 Å². The standard InChI is InChI=1S/C25H28N4O3S/c1-18(29-15-5-8-24(33(29,31)32)20-6-3-2-4-7-20)19-9-11-21(12-10-19)25(30)28-16-22(17-28)23-13-14-26-27-23/h2-4,6-7,9-14,18,22,24H,5,8,15-17H2,1H3,(H,26,27). The molecule has 0 radical (unpaired) electrons. The fourth-order valence-electron chi connectivity index (χ4n) is 4.88. The minimum atomic E-state index is -3.48. The molecule has 5 rings (SSSR count). The number of carbonyl (C=O) groups excluding carboxylic acids is 1. The topological polar surface area (TPSA) is 86.4 Å². The lowest BCUT2D eigenvalue weighted by Gasteiger charge is -2.39. The van der Waals surface area contributed by atoms with Crippen molar-refractivity contribution in [2.45, 2.75) is 37.0 Å². The first-order valence-electron chi connectivity index (χ1n) is 11.4. The predicted molar refractivity (Wildman–Crippen MR) is 126 cm³/mol. The zero-order valence-corrected chi connectivity index (χ0v) is 19.4. The lowest BCUT2D eigenvalue weighted by atomic mass is 9.95. The van der Waals surface area contributed by atoms with E-state index in [2.05, 4.69) is 10.2 Å². The number of hydrogen-bond acceptors (Lipinski definition) is 4. The molecule has 1 aromatic heterocycles. The Hall–Kier alpha value is -2.97. The number of nitrogens with one attached hydrogen (secondary N) is 1. The Bertz CT molecular complexity index is 1200. The molecule has 2 saturated heterocycles. The normalized spacial score (nSPS) is 22.0. The Labute approximate surface area is 194 Å². The number of aromatic amines is 1. The van der Waals surface area contributed by atoms with Gasteiger partial charge in [0.25, 0.3) is 5.91 Å². The average molecular weight is 465 g/mol. The largest absolute Gasteiger partial charge is 0.337 e. The van der Waals surface area contributed by atoms with E-state index in [0.29, 0.717) is 37.5 Å². The second kappa shape index (κ2) is 8.76. The molecule has 2 atom stereocenters. The number of nitrogens with zero attached hydrogens (tertiary/aromatic N) is 3. The van der Waals surface area contributed by atoms with Crippen molar-refractivity contribution < 1.29 is 13.2 Å². The molecule has 3 heterocycles. The van der Waals surface area contributed by atoms with Crippen LogP contribution in [0.3, 0.4) is 0 Å². The number of rotatable bonds is 5. The SMILES string of the molecule is CC(c1ccc(C(=O)N2CC(c3ccn[nH]3)C2)cc1)N1CCCC(c2ccccc2)S1(=O)=O. The average Bonchev–Trinajstić information content (AvgIpc) is 3.32. The lowest BCUT2D eigenvalue weighted by Crippen LogP contribution is -2.48. The van der Waals surface area contributed by atoms with E-state index >= 15 is 0 Å². The number of hydrogen-bond donors (Lipinski definition) is 1. The molecule has 0 bridgehead atoms. The Morgan fingerprint density at radius 1 is 1.06 bits per heavy atom. The third-order valence-corrected chi connectivity index (χ3v) is 9.28. The third-order valence-electron chi connectivity index (χ3n) is 6.91. The van der Waals surface area contributed by atoms with Gasteiger partial charge in [-0.2, -0.15) is 9.40 Å². The molecule has 2 aromatic carbocycles. The maximum atomic E-state index is 13.4. The quantitative estimate of drug-likeness (QED) is 0.621. The first-order valence-corrected chi connectivity index (χ1v) is 12.9. The summed E-state index contributed by atoms with van der Waals surface area (Å²) in [5.41, 5.74) is 3.42. The molecule has 2 aliphatic rings. The highest BCUT2D eigenvalue weighted by Crippen LogP contribution is 2.39. The van der Waals surface area contributed by atoms with Gasteiger partial charge in [-0.1, -0.05) is 42.5 Å². The zero-order chi connectivity index (χ0) is 23.0. The van der Waals surface area contributed by atoms with Crippen LogP contribution in [-0.4, -0.2) is 53.4 Å². The van der Waals surface area contributed by atoms with Gasteiger partial charge in [0.15, 0.2) is 0 Å². The summed E-state index contributed by atoms with van der Waals surface area (Å²) in [5.74, 6) is 0.303. The van der Waals surface area contributed by atoms with E-state index in [1.165, 1.54) is 0 Å². The van der Waals surface area contributed by atoms with Crippen LogP contribution in [0, 0.1) is 0 Å². The number of carbonyl (C=O) groups is 1. The molecule has 2 aliphatic heterocycles. The van der Waals surface area contributed by atoms with Crippen molar-refractivity contribution in [3.8, 4) is 0 Å². The Kier molecular flexibility index (Phi) is 5.80. The van der Waals surface area contributed by atoms with Gasteiger partial charge in [0.05, 0.1) is 0 Å². The van der Waals surface area contributed by atoms with Gasteiger partial charge in [-0.25, -0.2) is 8.42 Å². The third kappa shape index (κ3) is 4.09.